The van der Waals surface area contributed by atoms with Gasteiger partial charge in [0.2, 0.25) is 0 Å². The number of alkyl halides is 2. The Hall–Kier alpha value is -2.64. The molecule has 0 radical (unpaired) electrons. The third kappa shape index (κ3) is 4.75. The summed E-state index contributed by atoms with van der Waals surface area (Å²) in [5.41, 5.74) is 0.952. The van der Waals surface area contributed by atoms with Crippen molar-refractivity contribution in [1.29, 1.82) is 0 Å². The highest BCUT2D eigenvalue weighted by Gasteiger charge is 2.13. The van der Waals surface area contributed by atoms with Gasteiger partial charge in [-0.2, -0.15) is 13.9 Å². The highest BCUT2D eigenvalue weighted by Crippen LogP contribution is 2.26. The van der Waals surface area contributed by atoms with Gasteiger partial charge in [0.25, 0.3) is 5.91 Å². The molecule has 5 nitrogen and oxygen atoms in total. The lowest BCUT2D eigenvalue weighted by Crippen LogP contribution is -2.16. The topological polar surface area (TPSA) is 56.2 Å². The number of nitrogens with one attached hydrogen (secondary N) is 1. The summed E-state index contributed by atoms with van der Waals surface area (Å²) in [5, 5.41) is 7.86. The van der Waals surface area contributed by atoms with Crippen LogP contribution in [0.1, 0.15) is 15.9 Å². The van der Waals surface area contributed by atoms with Crippen LogP contribution in [0.3, 0.4) is 0 Å². The molecular formula is C18H13Cl2F2N3O2. The number of carbonyl (C=O) groups is 1. The standard InChI is InChI=1S/C18H13Cl2F2N3O2/c19-14-2-1-3-15(20)13(14)10-25-16(8-9-23-25)24-17(26)11-4-6-12(7-5-11)27-18(21)22/h1-9,18H,10H2,(H,24,26). The van der Waals surface area contributed by atoms with E-state index in [2.05, 4.69) is 15.2 Å². The summed E-state index contributed by atoms with van der Waals surface area (Å²) in [6.07, 6.45) is 1.53. The first-order valence-electron chi connectivity index (χ1n) is 7.75. The molecule has 0 fully saturated rings. The van der Waals surface area contributed by atoms with Gasteiger partial charge in [-0.3, -0.25) is 4.79 Å². The molecule has 0 aliphatic heterocycles. The molecule has 0 unspecified atom stereocenters. The van der Waals surface area contributed by atoms with Crippen LogP contribution in [0.5, 0.6) is 5.75 Å². The molecule has 1 amide bonds. The fourth-order valence-corrected chi connectivity index (χ4v) is 2.89. The van der Waals surface area contributed by atoms with E-state index in [0.717, 1.165) is 0 Å². The van der Waals surface area contributed by atoms with Gasteiger partial charge in [-0.05, 0) is 36.4 Å². The lowest BCUT2D eigenvalue weighted by molar-refractivity contribution is -0.0498. The molecule has 9 heteroatoms. The summed E-state index contributed by atoms with van der Waals surface area (Å²) in [5.74, 6) is -0.0190. The van der Waals surface area contributed by atoms with E-state index in [1.54, 1.807) is 28.9 Å². The molecule has 0 spiro atoms. The van der Waals surface area contributed by atoms with Gasteiger partial charge in [-0.1, -0.05) is 29.3 Å². The van der Waals surface area contributed by atoms with Crippen LogP contribution in [0.25, 0.3) is 0 Å². The predicted molar refractivity (Wildman–Crippen MR) is 98.8 cm³/mol. The zero-order valence-electron chi connectivity index (χ0n) is 13.7. The number of hydrogen-bond acceptors (Lipinski definition) is 3. The molecule has 27 heavy (non-hydrogen) atoms. The number of rotatable bonds is 6. The number of hydrogen-bond donors (Lipinski definition) is 1. The minimum Gasteiger partial charge on any atom is -0.435 e. The fourth-order valence-electron chi connectivity index (χ4n) is 2.37. The van der Waals surface area contributed by atoms with E-state index in [1.807, 2.05) is 0 Å². The quantitative estimate of drug-likeness (QED) is 0.614. The minimum absolute atomic E-state index is 0.0278. The Morgan fingerprint density at radius 2 is 1.78 bits per heavy atom. The molecule has 0 saturated heterocycles. The number of halogens is 4. The van der Waals surface area contributed by atoms with Crippen LogP contribution in [0.15, 0.2) is 54.7 Å². The Bertz CT molecular complexity index is 926. The average molecular weight is 412 g/mol. The summed E-state index contributed by atoms with van der Waals surface area (Å²) >= 11 is 12.3. The maximum absolute atomic E-state index is 12.4. The number of aromatic nitrogens is 2. The van der Waals surface area contributed by atoms with E-state index in [0.29, 0.717) is 21.4 Å². The van der Waals surface area contributed by atoms with E-state index < -0.39 is 12.5 Å². The van der Waals surface area contributed by atoms with Crippen molar-refractivity contribution in [3.8, 4) is 5.75 Å². The second kappa shape index (κ2) is 8.37. The Labute approximate surface area is 163 Å². The van der Waals surface area contributed by atoms with Gasteiger partial charge in [0, 0.05) is 27.2 Å². The monoisotopic (exact) mass is 411 g/mol. The molecular weight excluding hydrogens is 399 g/mol. The van der Waals surface area contributed by atoms with E-state index in [9.17, 15) is 13.6 Å². The van der Waals surface area contributed by atoms with Crippen molar-refractivity contribution in [2.75, 3.05) is 5.32 Å². The third-order valence-electron chi connectivity index (χ3n) is 3.67. The van der Waals surface area contributed by atoms with Gasteiger partial charge >= 0.3 is 6.61 Å². The normalized spacial score (nSPS) is 10.9. The molecule has 1 N–H and O–H groups in total. The molecule has 3 rings (SSSR count). The Morgan fingerprint density at radius 3 is 2.41 bits per heavy atom. The molecule has 1 aromatic heterocycles. The number of anilines is 1. The van der Waals surface area contributed by atoms with Gasteiger partial charge < -0.3 is 10.1 Å². The van der Waals surface area contributed by atoms with Crippen LogP contribution >= 0.6 is 23.2 Å². The average Bonchev–Trinajstić information content (AvgIpc) is 3.05. The first-order chi connectivity index (χ1) is 12.9. The second-order valence-corrected chi connectivity index (χ2v) is 6.25. The minimum atomic E-state index is -2.92. The second-order valence-electron chi connectivity index (χ2n) is 5.43. The molecule has 0 bridgehead atoms. The summed E-state index contributed by atoms with van der Waals surface area (Å²) in [6, 6.07) is 12.2. The number of nitrogens with zero attached hydrogens (tertiary/aromatic N) is 2. The zero-order chi connectivity index (χ0) is 19.4. The number of amides is 1. The van der Waals surface area contributed by atoms with Crippen LogP contribution < -0.4 is 10.1 Å². The molecule has 140 valence electrons. The Kier molecular flexibility index (Phi) is 5.93. The van der Waals surface area contributed by atoms with Gasteiger partial charge in [-0.15, -0.1) is 0 Å². The largest absolute Gasteiger partial charge is 0.435 e. The van der Waals surface area contributed by atoms with Crippen LogP contribution in [0.2, 0.25) is 10.0 Å². The third-order valence-corrected chi connectivity index (χ3v) is 4.38. The summed E-state index contributed by atoms with van der Waals surface area (Å²) < 4.78 is 30.2. The van der Waals surface area contributed by atoms with Crippen molar-refractivity contribution in [3.63, 3.8) is 0 Å². The van der Waals surface area contributed by atoms with Crippen LogP contribution in [0, 0.1) is 0 Å². The van der Waals surface area contributed by atoms with Gasteiger partial charge in [0.1, 0.15) is 11.6 Å². The van der Waals surface area contributed by atoms with Gasteiger partial charge in [0.15, 0.2) is 0 Å². The molecule has 0 atom stereocenters. The van der Waals surface area contributed by atoms with Crippen molar-refractivity contribution in [1.82, 2.24) is 9.78 Å². The maximum atomic E-state index is 12.4. The van der Waals surface area contributed by atoms with Crippen LogP contribution in [-0.4, -0.2) is 22.3 Å². The zero-order valence-corrected chi connectivity index (χ0v) is 15.2. The number of carbonyl (C=O) groups excluding carboxylic acids is 1. The molecule has 1 heterocycles. The highest BCUT2D eigenvalue weighted by atomic mass is 35.5. The van der Waals surface area contributed by atoms with Crippen LogP contribution in [-0.2, 0) is 6.54 Å². The molecule has 0 aliphatic rings. The highest BCUT2D eigenvalue weighted by molar-refractivity contribution is 6.36. The van der Waals surface area contributed by atoms with Crippen molar-refractivity contribution in [2.45, 2.75) is 13.2 Å². The summed E-state index contributed by atoms with van der Waals surface area (Å²) in [6.45, 7) is -2.65. The summed E-state index contributed by atoms with van der Waals surface area (Å²) in [4.78, 5) is 12.4. The molecule has 3 aromatic rings. The van der Waals surface area contributed by atoms with Crippen molar-refractivity contribution >= 4 is 34.9 Å². The summed E-state index contributed by atoms with van der Waals surface area (Å²) in [7, 11) is 0. The van der Waals surface area contributed by atoms with E-state index >= 15 is 0 Å². The Morgan fingerprint density at radius 1 is 1.11 bits per heavy atom. The van der Waals surface area contributed by atoms with Crippen molar-refractivity contribution in [3.05, 3.63) is 75.9 Å². The maximum Gasteiger partial charge on any atom is 0.387 e. The fraction of sp³-hybridized carbons (Fsp3) is 0.111. The SMILES string of the molecule is O=C(Nc1ccnn1Cc1c(Cl)cccc1Cl)c1ccc(OC(F)F)cc1. The lowest BCUT2D eigenvalue weighted by atomic mass is 10.2. The Balaban J connectivity index is 1.73. The first-order valence-corrected chi connectivity index (χ1v) is 8.50. The number of ether oxygens (including phenoxy) is 1. The van der Waals surface area contributed by atoms with Gasteiger partial charge in [0.05, 0.1) is 12.7 Å². The van der Waals surface area contributed by atoms with Crippen molar-refractivity contribution < 1.29 is 18.3 Å². The smallest absolute Gasteiger partial charge is 0.387 e. The van der Waals surface area contributed by atoms with E-state index in [1.165, 1.54) is 30.5 Å². The lowest BCUT2D eigenvalue weighted by Gasteiger charge is -2.11. The van der Waals surface area contributed by atoms with E-state index in [4.69, 9.17) is 23.2 Å². The van der Waals surface area contributed by atoms with Crippen LogP contribution in [0.4, 0.5) is 14.6 Å². The first kappa shape index (κ1) is 19.1. The van der Waals surface area contributed by atoms with Crippen molar-refractivity contribution in [2.24, 2.45) is 0 Å². The molecule has 0 saturated carbocycles. The molecule has 0 aliphatic carbocycles. The molecule has 2 aromatic carbocycles. The predicted octanol–water partition coefficient (Wildman–Crippen LogP) is 5.09. The van der Waals surface area contributed by atoms with E-state index in [-0.39, 0.29) is 17.9 Å². The van der Waals surface area contributed by atoms with Gasteiger partial charge in [-0.25, -0.2) is 4.68 Å². The number of benzene rings is 2.